The molecule has 17 heavy (non-hydrogen) atoms. The second-order valence-corrected chi connectivity index (χ2v) is 3.02. The minimum absolute atomic E-state index is 0.382. The third kappa shape index (κ3) is 4.43. The van der Waals surface area contributed by atoms with Gasteiger partial charge in [0.15, 0.2) is 0 Å². The van der Waals surface area contributed by atoms with E-state index in [2.05, 4.69) is 11.8 Å². The average molecular weight is 240 g/mol. The molecule has 0 saturated carbocycles. The molecule has 0 heterocycles. The van der Waals surface area contributed by atoms with Crippen LogP contribution in [-0.2, 0) is 11.0 Å². The second kappa shape index (κ2) is 5.21. The van der Waals surface area contributed by atoms with Crippen molar-refractivity contribution >= 4 is 5.97 Å². The van der Waals surface area contributed by atoms with Crippen molar-refractivity contribution in [2.24, 2.45) is 0 Å². The van der Waals surface area contributed by atoms with Gasteiger partial charge in [-0.2, -0.15) is 13.2 Å². The highest BCUT2D eigenvalue weighted by atomic mass is 19.4. The number of hydrogen-bond acceptors (Lipinski definition) is 1. The molecule has 0 aliphatic carbocycles. The van der Waals surface area contributed by atoms with E-state index in [1.54, 1.807) is 0 Å². The first kappa shape index (κ1) is 12.8. The maximum absolute atomic E-state index is 12.2. The monoisotopic (exact) mass is 240 g/mol. The number of alkyl halides is 3. The number of carboxylic acid groups (broad SMARTS) is 1. The van der Waals surface area contributed by atoms with Crippen LogP contribution in [0.1, 0.15) is 11.1 Å². The van der Waals surface area contributed by atoms with E-state index < -0.39 is 17.7 Å². The van der Waals surface area contributed by atoms with E-state index in [0.29, 0.717) is 5.56 Å². The Kier molecular flexibility index (Phi) is 3.94. The molecule has 0 fully saturated rings. The summed E-state index contributed by atoms with van der Waals surface area (Å²) in [5.74, 6) is 3.78. The molecular formula is C12H7F3O2. The van der Waals surface area contributed by atoms with Gasteiger partial charge in [-0.05, 0) is 30.3 Å². The maximum atomic E-state index is 12.2. The molecule has 88 valence electrons. The van der Waals surface area contributed by atoms with Crippen LogP contribution < -0.4 is 0 Å². The molecule has 1 aromatic rings. The Morgan fingerprint density at radius 3 is 2.29 bits per heavy atom. The van der Waals surface area contributed by atoms with Crippen LogP contribution in [0.25, 0.3) is 0 Å². The van der Waals surface area contributed by atoms with Crippen LogP contribution in [0.5, 0.6) is 0 Å². The number of benzene rings is 1. The van der Waals surface area contributed by atoms with Gasteiger partial charge in [0.1, 0.15) is 0 Å². The Balaban J connectivity index is 2.79. The lowest BCUT2D eigenvalue weighted by Gasteiger charge is -2.05. The molecule has 0 atom stereocenters. The molecule has 5 heteroatoms. The first-order valence-corrected chi connectivity index (χ1v) is 4.48. The Morgan fingerprint density at radius 1 is 1.24 bits per heavy atom. The smallest absolute Gasteiger partial charge is 0.416 e. The molecule has 0 saturated heterocycles. The fraction of sp³-hybridized carbons (Fsp3) is 0.0833. The van der Waals surface area contributed by atoms with E-state index in [-0.39, 0.29) is 0 Å². The SMILES string of the molecule is O=C(O)C=CC#Cc1ccc(C(F)(F)F)cc1. The first-order valence-electron chi connectivity index (χ1n) is 4.48. The molecule has 0 amide bonds. The summed E-state index contributed by atoms with van der Waals surface area (Å²) in [6.45, 7) is 0. The third-order valence-electron chi connectivity index (χ3n) is 1.74. The van der Waals surface area contributed by atoms with E-state index in [0.717, 1.165) is 24.3 Å². The second-order valence-electron chi connectivity index (χ2n) is 3.02. The molecule has 1 aromatic carbocycles. The third-order valence-corrected chi connectivity index (χ3v) is 1.74. The topological polar surface area (TPSA) is 37.3 Å². The van der Waals surface area contributed by atoms with Crippen molar-refractivity contribution in [2.45, 2.75) is 6.18 Å². The maximum Gasteiger partial charge on any atom is 0.416 e. The number of hydrogen-bond donors (Lipinski definition) is 1. The van der Waals surface area contributed by atoms with Gasteiger partial charge in [0, 0.05) is 11.6 Å². The number of aliphatic carboxylic acids is 1. The van der Waals surface area contributed by atoms with E-state index in [4.69, 9.17) is 5.11 Å². The Hall–Kier alpha value is -2.22. The van der Waals surface area contributed by atoms with Crippen LogP contribution in [0.2, 0.25) is 0 Å². The minimum Gasteiger partial charge on any atom is -0.478 e. The van der Waals surface area contributed by atoms with E-state index in [9.17, 15) is 18.0 Å². The zero-order chi connectivity index (χ0) is 12.9. The van der Waals surface area contributed by atoms with Gasteiger partial charge >= 0.3 is 12.1 Å². The first-order chi connectivity index (χ1) is 7.89. The summed E-state index contributed by atoms with van der Waals surface area (Å²) in [6.07, 6.45) is -2.41. The van der Waals surface area contributed by atoms with Crippen LogP contribution in [0.3, 0.4) is 0 Å². The highest BCUT2D eigenvalue weighted by Gasteiger charge is 2.29. The Morgan fingerprint density at radius 2 is 1.82 bits per heavy atom. The van der Waals surface area contributed by atoms with Gasteiger partial charge in [-0.15, -0.1) is 0 Å². The Bertz CT molecular complexity index is 487. The minimum atomic E-state index is -4.37. The molecule has 1 N–H and O–H groups in total. The van der Waals surface area contributed by atoms with E-state index in [1.165, 1.54) is 12.1 Å². The highest BCUT2D eigenvalue weighted by molar-refractivity contribution is 5.80. The molecule has 1 rings (SSSR count). The molecule has 2 nitrogen and oxygen atoms in total. The van der Waals surface area contributed by atoms with E-state index >= 15 is 0 Å². The predicted molar refractivity (Wildman–Crippen MR) is 55.1 cm³/mol. The normalized spacial score (nSPS) is 11.0. The number of carboxylic acids is 1. The summed E-state index contributed by atoms with van der Waals surface area (Å²) >= 11 is 0. The number of rotatable bonds is 1. The van der Waals surface area contributed by atoms with Gasteiger partial charge in [-0.25, -0.2) is 4.79 Å². The average Bonchev–Trinajstić information content (AvgIpc) is 2.23. The lowest BCUT2D eigenvalue weighted by atomic mass is 10.1. The van der Waals surface area contributed by atoms with Crippen molar-refractivity contribution < 1.29 is 23.1 Å². The van der Waals surface area contributed by atoms with E-state index in [1.807, 2.05) is 0 Å². The molecule has 0 aromatic heterocycles. The van der Waals surface area contributed by atoms with Crippen LogP contribution >= 0.6 is 0 Å². The number of halogens is 3. The molecular weight excluding hydrogens is 233 g/mol. The Labute approximate surface area is 95.4 Å². The standard InChI is InChI=1S/C12H7F3O2/c13-12(14,15)10-7-5-9(6-8-10)3-1-2-4-11(16)17/h2,4-8H,(H,16,17). The van der Waals surface area contributed by atoms with Crippen molar-refractivity contribution in [3.05, 3.63) is 47.5 Å². The van der Waals surface area contributed by atoms with Gasteiger partial charge < -0.3 is 5.11 Å². The summed E-state index contributed by atoms with van der Waals surface area (Å²) in [5.41, 5.74) is -0.364. The lowest BCUT2D eigenvalue weighted by Crippen LogP contribution is -2.03. The van der Waals surface area contributed by atoms with Crippen molar-refractivity contribution in [2.75, 3.05) is 0 Å². The van der Waals surface area contributed by atoms with Gasteiger partial charge in [0.2, 0.25) is 0 Å². The summed E-state index contributed by atoms with van der Waals surface area (Å²) in [6, 6.07) is 4.30. The molecule has 0 unspecified atom stereocenters. The largest absolute Gasteiger partial charge is 0.478 e. The van der Waals surface area contributed by atoms with Gasteiger partial charge in [0.05, 0.1) is 5.56 Å². The van der Waals surface area contributed by atoms with Crippen molar-refractivity contribution in [1.29, 1.82) is 0 Å². The van der Waals surface area contributed by atoms with Gasteiger partial charge in [0.25, 0.3) is 0 Å². The van der Waals surface area contributed by atoms with Gasteiger partial charge in [-0.1, -0.05) is 11.8 Å². The van der Waals surface area contributed by atoms with Crippen molar-refractivity contribution in [3.8, 4) is 11.8 Å². The number of allylic oxidation sites excluding steroid dienone is 1. The highest BCUT2D eigenvalue weighted by Crippen LogP contribution is 2.28. The molecule has 0 bridgehead atoms. The fourth-order valence-corrected chi connectivity index (χ4v) is 0.980. The summed E-state index contributed by atoms with van der Waals surface area (Å²) in [7, 11) is 0. The van der Waals surface area contributed by atoms with Crippen LogP contribution in [-0.4, -0.2) is 11.1 Å². The fourth-order valence-electron chi connectivity index (χ4n) is 0.980. The molecule has 0 aliphatic heterocycles. The zero-order valence-electron chi connectivity index (χ0n) is 8.45. The van der Waals surface area contributed by atoms with Crippen molar-refractivity contribution in [1.82, 2.24) is 0 Å². The summed E-state index contributed by atoms with van der Waals surface area (Å²) < 4.78 is 36.6. The zero-order valence-corrected chi connectivity index (χ0v) is 8.45. The van der Waals surface area contributed by atoms with Gasteiger partial charge in [-0.3, -0.25) is 0 Å². The number of carbonyl (C=O) groups is 1. The quantitative estimate of drug-likeness (QED) is 0.605. The predicted octanol–water partition coefficient (Wildman–Crippen LogP) is 2.70. The molecule has 0 aliphatic rings. The molecule has 0 spiro atoms. The van der Waals surface area contributed by atoms with Crippen LogP contribution in [0.4, 0.5) is 13.2 Å². The van der Waals surface area contributed by atoms with Crippen molar-refractivity contribution in [3.63, 3.8) is 0 Å². The molecule has 0 radical (unpaired) electrons. The lowest BCUT2D eigenvalue weighted by molar-refractivity contribution is -0.137. The summed E-state index contributed by atoms with van der Waals surface area (Å²) in [4.78, 5) is 10.1. The summed E-state index contributed by atoms with van der Waals surface area (Å²) in [5, 5.41) is 8.26. The van der Waals surface area contributed by atoms with Crippen LogP contribution in [0, 0.1) is 11.8 Å². The van der Waals surface area contributed by atoms with Crippen LogP contribution in [0.15, 0.2) is 36.4 Å².